The normalized spacial score (nSPS) is 13.5. The topological polar surface area (TPSA) is 52.6 Å². The van der Waals surface area contributed by atoms with Crippen molar-refractivity contribution in [3.8, 4) is 0 Å². The van der Waals surface area contributed by atoms with Gasteiger partial charge in [0.25, 0.3) is 0 Å². The molecule has 0 saturated heterocycles. The van der Waals surface area contributed by atoms with Crippen LogP contribution in [0.1, 0.15) is 27.7 Å². The third-order valence-corrected chi connectivity index (χ3v) is 1.84. The zero-order chi connectivity index (χ0) is 9.12. The highest BCUT2D eigenvalue weighted by molar-refractivity contribution is 7.81. The second-order valence-electron chi connectivity index (χ2n) is 3.01. The smallest absolute Gasteiger partial charge is 0.248 e. The fourth-order valence-corrected chi connectivity index (χ4v) is 1.42. The maximum atomic E-state index is 10.8. The Morgan fingerprint density at radius 2 is 1.73 bits per heavy atom. The maximum Gasteiger partial charge on any atom is 0.400 e. The second-order valence-corrected chi connectivity index (χ2v) is 4.23. The molecule has 0 amide bonds. The quantitative estimate of drug-likeness (QED) is 0.655. The Labute approximate surface area is 67.8 Å². The van der Waals surface area contributed by atoms with Crippen molar-refractivity contribution in [3.05, 3.63) is 0 Å². The lowest BCUT2D eigenvalue weighted by atomic mass is 10.2. The molecule has 0 aliphatic rings. The molecule has 0 aromatic rings. The van der Waals surface area contributed by atoms with Gasteiger partial charge < -0.3 is 0 Å². The van der Waals surface area contributed by atoms with Crippen LogP contribution in [0.25, 0.3) is 0 Å². The highest BCUT2D eigenvalue weighted by atomic mass is 32.3. The summed E-state index contributed by atoms with van der Waals surface area (Å²) in [6, 6.07) is 0. The summed E-state index contributed by atoms with van der Waals surface area (Å²) < 4.78 is 30.6. The Kier molecular flexibility index (Phi) is 3.47. The Bertz CT molecular complexity index is 199. The molecule has 0 radical (unpaired) electrons. The van der Waals surface area contributed by atoms with E-state index in [9.17, 15) is 8.42 Å². The summed E-state index contributed by atoms with van der Waals surface area (Å²) in [6.07, 6.45) is 0. The van der Waals surface area contributed by atoms with Crippen LogP contribution in [0.2, 0.25) is 0 Å². The average Bonchev–Trinajstić information content (AvgIpc) is 1.55. The summed E-state index contributed by atoms with van der Waals surface area (Å²) in [5, 5.41) is 0. The molecule has 0 fully saturated rings. The molecule has 0 aliphatic heterocycles. The SMILES string of the molecule is CCOS(=O)(=O)OC(C)(C)C. The van der Waals surface area contributed by atoms with E-state index in [1.807, 2.05) is 0 Å². The monoisotopic (exact) mass is 182 g/mol. The first kappa shape index (κ1) is 10.9. The van der Waals surface area contributed by atoms with Crippen molar-refractivity contribution in [2.75, 3.05) is 6.61 Å². The Morgan fingerprint density at radius 1 is 1.27 bits per heavy atom. The first-order valence-electron chi connectivity index (χ1n) is 3.37. The van der Waals surface area contributed by atoms with E-state index in [1.165, 1.54) is 0 Å². The third-order valence-electron chi connectivity index (χ3n) is 0.614. The molecular formula is C6H14O4S. The van der Waals surface area contributed by atoms with Crippen LogP contribution < -0.4 is 0 Å². The Balaban J connectivity index is 4.15. The Hall–Kier alpha value is -0.130. The minimum atomic E-state index is -3.79. The van der Waals surface area contributed by atoms with Crippen LogP contribution in [0.3, 0.4) is 0 Å². The zero-order valence-electron chi connectivity index (χ0n) is 7.25. The van der Waals surface area contributed by atoms with E-state index in [-0.39, 0.29) is 6.61 Å². The average molecular weight is 182 g/mol. The molecule has 0 saturated carbocycles. The van der Waals surface area contributed by atoms with Crippen molar-refractivity contribution in [3.63, 3.8) is 0 Å². The fourth-order valence-electron chi connectivity index (χ4n) is 0.475. The van der Waals surface area contributed by atoms with Crippen LogP contribution in [0.15, 0.2) is 0 Å². The summed E-state index contributed by atoms with van der Waals surface area (Å²) in [5.41, 5.74) is -0.728. The highest BCUT2D eigenvalue weighted by Gasteiger charge is 2.21. The Morgan fingerprint density at radius 3 is 2.00 bits per heavy atom. The van der Waals surface area contributed by atoms with Gasteiger partial charge in [-0.3, -0.25) is 0 Å². The molecule has 11 heavy (non-hydrogen) atoms. The van der Waals surface area contributed by atoms with Crippen molar-refractivity contribution >= 4 is 10.4 Å². The summed E-state index contributed by atoms with van der Waals surface area (Å²) in [5.74, 6) is 0. The predicted octanol–water partition coefficient (Wildman–Crippen LogP) is 1.08. The van der Waals surface area contributed by atoms with Gasteiger partial charge in [0.1, 0.15) is 0 Å². The van der Waals surface area contributed by atoms with Gasteiger partial charge in [-0.15, -0.1) is 0 Å². The van der Waals surface area contributed by atoms with E-state index >= 15 is 0 Å². The van der Waals surface area contributed by atoms with E-state index in [1.54, 1.807) is 27.7 Å². The van der Waals surface area contributed by atoms with Gasteiger partial charge in [0.05, 0.1) is 12.2 Å². The van der Waals surface area contributed by atoms with E-state index in [0.29, 0.717) is 0 Å². The largest absolute Gasteiger partial charge is 0.400 e. The van der Waals surface area contributed by atoms with E-state index in [4.69, 9.17) is 0 Å². The lowest BCUT2D eigenvalue weighted by Gasteiger charge is -2.17. The first-order valence-corrected chi connectivity index (χ1v) is 4.70. The lowest BCUT2D eigenvalue weighted by Crippen LogP contribution is -2.25. The number of hydrogen-bond donors (Lipinski definition) is 0. The maximum absolute atomic E-state index is 10.8. The van der Waals surface area contributed by atoms with Gasteiger partial charge in [0.15, 0.2) is 0 Å². The third kappa shape index (κ3) is 6.28. The lowest BCUT2D eigenvalue weighted by molar-refractivity contribution is 0.105. The van der Waals surface area contributed by atoms with Gasteiger partial charge in [-0.1, -0.05) is 0 Å². The van der Waals surface area contributed by atoms with Crippen LogP contribution in [0, 0.1) is 0 Å². The van der Waals surface area contributed by atoms with Crippen LogP contribution in [-0.2, 0) is 18.8 Å². The van der Waals surface area contributed by atoms with Crippen molar-refractivity contribution in [2.45, 2.75) is 33.3 Å². The molecule has 0 spiro atoms. The summed E-state index contributed by atoms with van der Waals surface area (Å²) in [6.45, 7) is 6.61. The van der Waals surface area contributed by atoms with E-state index in [0.717, 1.165) is 0 Å². The van der Waals surface area contributed by atoms with Crippen LogP contribution in [0.5, 0.6) is 0 Å². The minimum absolute atomic E-state index is 0.0956. The molecule has 4 nitrogen and oxygen atoms in total. The molecule has 0 heterocycles. The van der Waals surface area contributed by atoms with E-state index < -0.39 is 16.0 Å². The second kappa shape index (κ2) is 3.51. The molecule has 68 valence electrons. The highest BCUT2D eigenvalue weighted by Crippen LogP contribution is 2.12. The predicted molar refractivity (Wildman–Crippen MR) is 41.4 cm³/mol. The fraction of sp³-hybridized carbons (Fsp3) is 1.00. The molecule has 0 rings (SSSR count). The summed E-state index contributed by atoms with van der Waals surface area (Å²) >= 11 is 0. The molecule has 0 unspecified atom stereocenters. The first-order chi connectivity index (χ1) is 4.77. The number of hydrogen-bond acceptors (Lipinski definition) is 4. The molecule has 0 aromatic carbocycles. The molecular weight excluding hydrogens is 168 g/mol. The molecule has 0 aromatic heterocycles. The molecule has 0 bridgehead atoms. The van der Waals surface area contributed by atoms with Crippen molar-refractivity contribution < 1.29 is 16.8 Å². The zero-order valence-corrected chi connectivity index (χ0v) is 8.06. The molecule has 0 atom stereocenters. The van der Waals surface area contributed by atoms with Crippen molar-refractivity contribution in [1.82, 2.24) is 0 Å². The van der Waals surface area contributed by atoms with Gasteiger partial charge in [-0.2, -0.15) is 8.42 Å². The van der Waals surface area contributed by atoms with Crippen molar-refractivity contribution in [2.24, 2.45) is 0 Å². The van der Waals surface area contributed by atoms with E-state index in [2.05, 4.69) is 8.37 Å². The summed E-state index contributed by atoms with van der Waals surface area (Å²) in [4.78, 5) is 0. The van der Waals surface area contributed by atoms with Gasteiger partial charge in [0, 0.05) is 0 Å². The van der Waals surface area contributed by atoms with Crippen LogP contribution in [0.4, 0.5) is 0 Å². The molecule has 0 aliphatic carbocycles. The van der Waals surface area contributed by atoms with Gasteiger partial charge in [0.2, 0.25) is 0 Å². The van der Waals surface area contributed by atoms with Crippen LogP contribution >= 0.6 is 0 Å². The van der Waals surface area contributed by atoms with Gasteiger partial charge in [-0.05, 0) is 27.7 Å². The minimum Gasteiger partial charge on any atom is -0.248 e. The van der Waals surface area contributed by atoms with Crippen molar-refractivity contribution in [1.29, 1.82) is 0 Å². The van der Waals surface area contributed by atoms with Crippen LogP contribution in [-0.4, -0.2) is 20.6 Å². The summed E-state index contributed by atoms with van der Waals surface area (Å²) in [7, 11) is -3.79. The van der Waals surface area contributed by atoms with Gasteiger partial charge in [-0.25, -0.2) is 8.37 Å². The standard InChI is InChI=1S/C6H14O4S/c1-5-9-11(7,8)10-6(2,3)4/h5H2,1-4H3. The molecule has 0 N–H and O–H groups in total. The van der Waals surface area contributed by atoms with Gasteiger partial charge >= 0.3 is 10.4 Å². The molecule has 5 heteroatoms. The number of rotatable bonds is 3.